The quantitative estimate of drug-likeness (QED) is 0.173. The van der Waals surface area contributed by atoms with Crippen molar-refractivity contribution in [2.75, 3.05) is 36.2 Å². The third-order valence-electron chi connectivity index (χ3n) is 12.1. The van der Waals surface area contributed by atoms with Gasteiger partial charge in [-0.25, -0.2) is 0 Å². The molecule has 11 rings (SSSR count). The van der Waals surface area contributed by atoms with E-state index in [1.54, 1.807) is 0 Å². The van der Waals surface area contributed by atoms with Crippen LogP contribution >= 0.6 is 0 Å². The van der Waals surface area contributed by atoms with Crippen LogP contribution in [0.15, 0.2) is 72.8 Å². The number of hydrogen-bond acceptors (Lipinski definition) is 6. The lowest BCUT2D eigenvalue weighted by Gasteiger charge is -2.45. The molecule has 0 atom stereocenters. The van der Waals surface area contributed by atoms with Gasteiger partial charge in [0, 0.05) is 40.6 Å². The topological polar surface area (TPSA) is 43.4 Å². The maximum Gasteiger partial charge on any atom is 0.252 e. The average molecular weight is 687 g/mol. The predicted molar refractivity (Wildman–Crippen MR) is 210 cm³/mol. The van der Waals surface area contributed by atoms with Crippen LogP contribution in [0.4, 0.5) is 34.1 Å². The highest BCUT2D eigenvalue weighted by atomic mass is 16.6. The number of ether oxygens (including phenoxy) is 4. The van der Waals surface area contributed by atoms with Gasteiger partial charge in [-0.2, -0.15) is 0 Å². The zero-order valence-electron chi connectivity index (χ0n) is 30.7. The normalized spacial score (nSPS) is 19.1. The van der Waals surface area contributed by atoms with Crippen LogP contribution in [0.1, 0.15) is 55.5 Å². The van der Waals surface area contributed by atoms with Crippen molar-refractivity contribution in [2.24, 2.45) is 10.8 Å². The molecule has 0 aromatic heterocycles. The summed E-state index contributed by atoms with van der Waals surface area (Å²) in [4.78, 5) is 5.00. The summed E-state index contributed by atoms with van der Waals surface area (Å²) in [5.41, 5.74) is 18.6. The summed E-state index contributed by atoms with van der Waals surface area (Å²) < 4.78 is 24.7. The van der Waals surface area contributed by atoms with Gasteiger partial charge in [0.2, 0.25) is 0 Å². The smallest absolute Gasteiger partial charge is 0.252 e. The number of rotatable bonds is 2. The molecule has 260 valence electrons. The van der Waals surface area contributed by atoms with Crippen LogP contribution < -0.4 is 45.1 Å². The number of hydrogen-bond donors (Lipinski definition) is 0. The third-order valence-corrected chi connectivity index (χ3v) is 12.1. The maximum atomic E-state index is 6.30. The molecule has 0 fully saturated rings. The molecule has 4 heterocycles. The first kappa shape index (κ1) is 30.6. The summed E-state index contributed by atoms with van der Waals surface area (Å²) in [5.74, 6) is 3.17. The molecule has 0 N–H and O–H groups in total. The van der Waals surface area contributed by atoms with E-state index in [9.17, 15) is 0 Å². The molecule has 0 unspecified atom stereocenters. The lowest BCUT2D eigenvalue weighted by molar-refractivity contribution is 0.171. The van der Waals surface area contributed by atoms with E-state index in [0.29, 0.717) is 26.4 Å². The Labute approximate surface area is 306 Å². The number of fused-ring (bicyclic) bond motifs is 8. The van der Waals surface area contributed by atoms with E-state index in [2.05, 4.69) is 117 Å². The second-order valence-electron chi connectivity index (χ2n) is 17.4. The lowest BCUT2D eigenvalue weighted by atomic mass is 9.33. The van der Waals surface area contributed by atoms with Crippen LogP contribution in [0.3, 0.4) is 0 Å². The van der Waals surface area contributed by atoms with Crippen molar-refractivity contribution in [1.29, 1.82) is 0 Å². The van der Waals surface area contributed by atoms with Gasteiger partial charge >= 0.3 is 0 Å². The Morgan fingerprint density at radius 2 is 0.981 bits per heavy atom. The number of aryl methyl sites for hydroxylation is 1. The highest BCUT2D eigenvalue weighted by Crippen LogP contribution is 2.50. The van der Waals surface area contributed by atoms with E-state index < -0.39 is 0 Å². The fourth-order valence-corrected chi connectivity index (χ4v) is 10.1. The highest BCUT2D eigenvalue weighted by molar-refractivity contribution is 7.00. The molecule has 7 heteroatoms. The minimum Gasteiger partial charge on any atom is -0.486 e. The third kappa shape index (κ3) is 4.50. The Hall–Kier alpha value is -5.04. The molecule has 0 bridgehead atoms. The zero-order valence-corrected chi connectivity index (χ0v) is 30.7. The SMILES string of the molecule is Cc1cc2c3c(c1)N(c1ccc4c(c1)OCCO4)c1cc4c(cc1B3c1cc3c(cc1N2c1ccc2c(c1)CC(C)(C)C2)CC(C)(C)C3)OCCO4. The molecule has 2 aliphatic carbocycles. The molecule has 0 amide bonds. The van der Waals surface area contributed by atoms with E-state index >= 15 is 0 Å². The standard InChI is InChI=1S/C45H43BN2O4/c1-26-14-37-43-38(15-26)48(32-8-9-39-40(19-32)50-11-10-49-39)36-21-42-41(51-12-13-52-42)20-34(36)46(43)33-17-29-24-45(4,5)25-30(29)18-35(33)47(37)31-7-6-27-22-44(2,3)23-28(27)16-31/h6-9,14-21H,10-13,22-25H2,1-5H3. The molecule has 4 aliphatic heterocycles. The number of benzene rings is 5. The van der Waals surface area contributed by atoms with Crippen LogP contribution in [0, 0.1) is 17.8 Å². The first-order valence-electron chi connectivity index (χ1n) is 18.9. The fourth-order valence-electron chi connectivity index (χ4n) is 10.1. The molecule has 0 spiro atoms. The van der Waals surface area contributed by atoms with Crippen molar-refractivity contribution in [3.8, 4) is 23.0 Å². The van der Waals surface area contributed by atoms with Crippen LogP contribution in [-0.4, -0.2) is 33.1 Å². The highest BCUT2D eigenvalue weighted by Gasteiger charge is 2.46. The predicted octanol–water partition coefficient (Wildman–Crippen LogP) is 7.87. The van der Waals surface area contributed by atoms with E-state index in [1.807, 2.05) is 0 Å². The Kier molecular flexibility index (Phi) is 6.19. The molecule has 6 nitrogen and oxygen atoms in total. The Balaban J connectivity index is 1.20. The molecule has 5 aromatic carbocycles. The Morgan fingerprint density at radius 3 is 1.67 bits per heavy atom. The Bertz CT molecular complexity index is 2380. The minimum absolute atomic E-state index is 0.0125. The second-order valence-corrected chi connectivity index (χ2v) is 17.4. The van der Waals surface area contributed by atoms with Gasteiger partial charge in [-0.15, -0.1) is 0 Å². The minimum atomic E-state index is 0.0125. The molecule has 0 radical (unpaired) electrons. The number of anilines is 6. The Morgan fingerprint density at radius 1 is 0.481 bits per heavy atom. The van der Waals surface area contributed by atoms with Crippen molar-refractivity contribution in [3.05, 3.63) is 101 Å². The van der Waals surface area contributed by atoms with Gasteiger partial charge in [-0.3, -0.25) is 0 Å². The molecule has 5 aromatic rings. The first-order chi connectivity index (χ1) is 25.1. The summed E-state index contributed by atoms with van der Waals surface area (Å²) in [6.07, 6.45) is 4.40. The molecule has 0 saturated carbocycles. The largest absolute Gasteiger partial charge is 0.486 e. The van der Waals surface area contributed by atoms with Crippen molar-refractivity contribution < 1.29 is 18.9 Å². The van der Waals surface area contributed by atoms with Crippen LogP contribution in [0.2, 0.25) is 0 Å². The van der Waals surface area contributed by atoms with Crippen LogP contribution in [0.25, 0.3) is 0 Å². The van der Waals surface area contributed by atoms with E-state index in [-0.39, 0.29) is 17.5 Å². The van der Waals surface area contributed by atoms with Crippen LogP contribution in [0.5, 0.6) is 23.0 Å². The van der Waals surface area contributed by atoms with E-state index in [1.165, 1.54) is 67.0 Å². The summed E-state index contributed by atoms with van der Waals surface area (Å²) in [5, 5.41) is 0. The second kappa shape index (κ2) is 10.5. The zero-order chi connectivity index (χ0) is 35.1. The maximum absolute atomic E-state index is 6.30. The molecular formula is C45H43BN2O4. The molecule has 6 aliphatic rings. The molecule has 0 saturated heterocycles. The lowest BCUT2D eigenvalue weighted by Crippen LogP contribution is -2.61. The molecule has 52 heavy (non-hydrogen) atoms. The van der Waals surface area contributed by atoms with Crippen molar-refractivity contribution >= 4 is 57.2 Å². The summed E-state index contributed by atoms with van der Waals surface area (Å²) >= 11 is 0. The van der Waals surface area contributed by atoms with Crippen molar-refractivity contribution in [2.45, 2.75) is 60.3 Å². The van der Waals surface area contributed by atoms with Crippen molar-refractivity contribution in [3.63, 3.8) is 0 Å². The summed E-state index contributed by atoms with van der Waals surface area (Å²) in [7, 11) is 0. The van der Waals surface area contributed by atoms with Gasteiger partial charge in [0.05, 0.1) is 5.69 Å². The van der Waals surface area contributed by atoms with Crippen molar-refractivity contribution in [1.82, 2.24) is 0 Å². The van der Waals surface area contributed by atoms with E-state index in [4.69, 9.17) is 18.9 Å². The van der Waals surface area contributed by atoms with Gasteiger partial charge in [0.1, 0.15) is 26.4 Å². The number of nitrogens with zero attached hydrogens (tertiary/aromatic N) is 2. The van der Waals surface area contributed by atoms with Gasteiger partial charge in [-0.05, 0) is 136 Å². The van der Waals surface area contributed by atoms with E-state index in [0.717, 1.165) is 60.1 Å². The van der Waals surface area contributed by atoms with Crippen LogP contribution in [-0.2, 0) is 25.7 Å². The van der Waals surface area contributed by atoms with Gasteiger partial charge < -0.3 is 28.7 Å². The average Bonchev–Trinajstić information content (AvgIpc) is 3.60. The van der Waals surface area contributed by atoms with Gasteiger partial charge in [-0.1, -0.05) is 39.8 Å². The first-order valence-corrected chi connectivity index (χ1v) is 18.9. The van der Waals surface area contributed by atoms with Gasteiger partial charge in [0.25, 0.3) is 6.71 Å². The summed E-state index contributed by atoms with van der Waals surface area (Å²) in [6, 6.07) is 27.9. The summed E-state index contributed by atoms with van der Waals surface area (Å²) in [6.45, 7) is 14.0. The fraction of sp³-hybridized carbons (Fsp3) is 0.333. The monoisotopic (exact) mass is 686 g/mol. The molecular weight excluding hydrogens is 643 g/mol. The van der Waals surface area contributed by atoms with Gasteiger partial charge in [0.15, 0.2) is 23.0 Å².